The molecule has 0 amide bonds. The van der Waals surface area contributed by atoms with Crippen LogP contribution in [0.4, 0.5) is 14.5 Å². The zero-order chi connectivity index (χ0) is 17.6. The molecule has 0 radical (unpaired) electrons. The molecule has 130 valence electrons. The number of rotatable bonds is 3. The molecule has 5 heteroatoms. The number of anilines is 1. The molecule has 1 aliphatic heterocycles. The Bertz CT molecular complexity index is 850. The lowest BCUT2D eigenvalue weighted by molar-refractivity contribution is 0.340. The Morgan fingerprint density at radius 1 is 1.08 bits per heavy atom. The highest BCUT2D eigenvalue weighted by Gasteiger charge is 2.40. The zero-order valence-electron chi connectivity index (χ0n) is 14.1. The molecular formula is C20H19F2NO2. The number of nitrogens with one attached hydrogen (secondary N) is 1. The minimum Gasteiger partial charge on any atom is -0.493 e. The van der Waals surface area contributed by atoms with Crippen LogP contribution in [0.5, 0.6) is 11.5 Å². The summed E-state index contributed by atoms with van der Waals surface area (Å²) in [7, 11) is 3.19. The summed E-state index contributed by atoms with van der Waals surface area (Å²) in [6.07, 6.45) is 4.96. The van der Waals surface area contributed by atoms with E-state index in [0.29, 0.717) is 22.7 Å². The van der Waals surface area contributed by atoms with Gasteiger partial charge in [0.05, 0.1) is 25.9 Å². The fraction of sp³-hybridized carbons (Fsp3) is 0.300. The van der Waals surface area contributed by atoms with Crippen molar-refractivity contribution >= 4 is 5.69 Å². The van der Waals surface area contributed by atoms with Crippen LogP contribution in [0, 0.1) is 17.6 Å². The van der Waals surface area contributed by atoms with Gasteiger partial charge in [-0.3, -0.25) is 0 Å². The smallest absolute Gasteiger partial charge is 0.165 e. The van der Waals surface area contributed by atoms with Crippen LogP contribution in [-0.4, -0.2) is 14.2 Å². The topological polar surface area (TPSA) is 30.5 Å². The summed E-state index contributed by atoms with van der Waals surface area (Å²) in [6, 6.07) is 7.88. The molecule has 0 fully saturated rings. The van der Waals surface area contributed by atoms with Crippen LogP contribution in [-0.2, 0) is 0 Å². The van der Waals surface area contributed by atoms with E-state index < -0.39 is 11.6 Å². The lowest BCUT2D eigenvalue weighted by Crippen LogP contribution is -2.30. The van der Waals surface area contributed by atoms with Gasteiger partial charge in [0.1, 0.15) is 11.6 Å². The Balaban J connectivity index is 1.85. The van der Waals surface area contributed by atoms with Crippen molar-refractivity contribution in [3.63, 3.8) is 0 Å². The second-order valence-electron chi connectivity index (χ2n) is 6.41. The molecule has 0 saturated carbocycles. The summed E-state index contributed by atoms with van der Waals surface area (Å²) < 4.78 is 39.1. The van der Waals surface area contributed by atoms with Gasteiger partial charge < -0.3 is 14.8 Å². The average Bonchev–Trinajstić information content (AvgIpc) is 3.10. The molecule has 2 aliphatic rings. The van der Waals surface area contributed by atoms with Crippen LogP contribution in [0.2, 0.25) is 0 Å². The Hall–Kier alpha value is -2.56. The standard InChI is InChI=1S/C20H19F2NO2/c1-24-17-8-4-7-14(20(17)25-2)18-13-6-3-5-12(13)15-9-11(21)10-16(22)19(15)23-18/h3-5,7-10,12-13,18,23H,6H2,1-2H3/t12-,13-,18-/m1/s1. The van der Waals surface area contributed by atoms with Gasteiger partial charge in [-0.2, -0.15) is 0 Å². The van der Waals surface area contributed by atoms with Gasteiger partial charge in [0.2, 0.25) is 0 Å². The number of ether oxygens (including phenoxy) is 2. The van der Waals surface area contributed by atoms with Gasteiger partial charge in [0.25, 0.3) is 0 Å². The summed E-state index contributed by atoms with van der Waals surface area (Å²) >= 11 is 0. The van der Waals surface area contributed by atoms with Crippen molar-refractivity contribution in [2.75, 3.05) is 19.5 Å². The second kappa shape index (κ2) is 6.06. The van der Waals surface area contributed by atoms with Crippen molar-refractivity contribution in [2.45, 2.75) is 18.4 Å². The fourth-order valence-electron chi connectivity index (χ4n) is 4.09. The zero-order valence-corrected chi connectivity index (χ0v) is 14.1. The van der Waals surface area contributed by atoms with E-state index in [1.54, 1.807) is 14.2 Å². The molecule has 2 aromatic rings. The van der Waals surface area contributed by atoms with Gasteiger partial charge in [0.15, 0.2) is 11.5 Å². The number of allylic oxidation sites excluding steroid dienone is 2. The average molecular weight is 343 g/mol. The van der Waals surface area contributed by atoms with Gasteiger partial charge in [-0.15, -0.1) is 0 Å². The van der Waals surface area contributed by atoms with E-state index in [0.717, 1.165) is 18.1 Å². The van der Waals surface area contributed by atoms with Crippen LogP contribution < -0.4 is 14.8 Å². The third-order valence-corrected chi connectivity index (χ3v) is 5.15. The first-order valence-corrected chi connectivity index (χ1v) is 8.27. The molecule has 1 N–H and O–H groups in total. The third kappa shape index (κ3) is 2.46. The Labute approximate surface area is 145 Å². The molecule has 2 aromatic carbocycles. The predicted octanol–water partition coefficient (Wildman–Crippen LogP) is 4.81. The van der Waals surface area contributed by atoms with E-state index >= 15 is 0 Å². The second-order valence-corrected chi connectivity index (χ2v) is 6.41. The van der Waals surface area contributed by atoms with Gasteiger partial charge in [-0.1, -0.05) is 24.3 Å². The Morgan fingerprint density at radius 2 is 1.92 bits per heavy atom. The molecule has 3 nitrogen and oxygen atoms in total. The van der Waals surface area contributed by atoms with Crippen LogP contribution in [0.15, 0.2) is 42.5 Å². The minimum atomic E-state index is -0.569. The molecule has 1 heterocycles. The van der Waals surface area contributed by atoms with E-state index in [-0.39, 0.29) is 17.9 Å². The van der Waals surface area contributed by atoms with Crippen molar-refractivity contribution in [3.8, 4) is 11.5 Å². The number of methoxy groups -OCH3 is 2. The molecule has 1 aliphatic carbocycles. The summed E-state index contributed by atoms with van der Waals surface area (Å²) in [5.74, 6) is 0.293. The molecule has 0 saturated heterocycles. The first-order valence-electron chi connectivity index (χ1n) is 8.27. The maximum atomic E-state index is 14.4. The molecular weight excluding hydrogens is 324 g/mol. The SMILES string of the molecule is COc1cccc([C@@H]2Nc3c(F)cc(F)cc3[C@@H]3C=CC[C@H]32)c1OC. The molecule has 0 bridgehead atoms. The predicted molar refractivity (Wildman–Crippen MR) is 92.3 cm³/mol. The quantitative estimate of drug-likeness (QED) is 0.812. The lowest BCUT2D eigenvalue weighted by Gasteiger charge is -2.38. The molecule has 3 atom stereocenters. The van der Waals surface area contributed by atoms with Crippen molar-refractivity contribution in [1.29, 1.82) is 0 Å². The molecule has 0 spiro atoms. The van der Waals surface area contributed by atoms with E-state index in [4.69, 9.17) is 9.47 Å². The number of hydrogen-bond donors (Lipinski definition) is 1. The molecule has 0 unspecified atom stereocenters. The summed E-state index contributed by atoms with van der Waals surface area (Å²) in [4.78, 5) is 0. The summed E-state index contributed by atoms with van der Waals surface area (Å²) in [5, 5.41) is 3.29. The van der Waals surface area contributed by atoms with E-state index in [1.807, 2.05) is 24.3 Å². The highest BCUT2D eigenvalue weighted by Crippen LogP contribution is 2.52. The Morgan fingerprint density at radius 3 is 2.68 bits per heavy atom. The number of fused-ring (bicyclic) bond motifs is 3. The monoisotopic (exact) mass is 343 g/mol. The normalized spacial score (nSPS) is 23.6. The van der Waals surface area contributed by atoms with Gasteiger partial charge >= 0.3 is 0 Å². The number of para-hydroxylation sites is 1. The van der Waals surface area contributed by atoms with Crippen LogP contribution in [0.25, 0.3) is 0 Å². The third-order valence-electron chi connectivity index (χ3n) is 5.15. The van der Waals surface area contributed by atoms with Crippen molar-refractivity contribution in [1.82, 2.24) is 0 Å². The highest BCUT2D eigenvalue weighted by atomic mass is 19.1. The van der Waals surface area contributed by atoms with E-state index in [9.17, 15) is 8.78 Å². The van der Waals surface area contributed by atoms with Gasteiger partial charge in [-0.05, 0) is 30.0 Å². The van der Waals surface area contributed by atoms with Crippen molar-refractivity contribution in [2.24, 2.45) is 5.92 Å². The first-order chi connectivity index (χ1) is 12.1. The van der Waals surface area contributed by atoms with E-state index in [1.165, 1.54) is 6.07 Å². The van der Waals surface area contributed by atoms with Gasteiger partial charge in [0, 0.05) is 17.5 Å². The number of hydrogen-bond acceptors (Lipinski definition) is 3. The van der Waals surface area contributed by atoms with Gasteiger partial charge in [-0.25, -0.2) is 8.78 Å². The maximum Gasteiger partial charge on any atom is 0.165 e. The highest BCUT2D eigenvalue weighted by molar-refractivity contribution is 5.62. The number of benzene rings is 2. The fourth-order valence-corrected chi connectivity index (χ4v) is 4.09. The lowest BCUT2D eigenvalue weighted by atomic mass is 9.76. The van der Waals surface area contributed by atoms with Crippen LogP contribution in [0.3, 0.4) is 0 Å². The van der Waals surface area contributed by atoms with Crippen molar-refractivity contribution in [3.05, 3.63) is 65.2 Å². The first kappa shape index (κ1) is 15.9. The van der Waals surface area contributed by atoms with Crippen molar-refractivity contribution < 1.29 is 18.3 Å². The number of halogens is 2. The molecule has 4 rings (SSSR count). The van der Waals surface area contributed by atoms with E-state index in [2.05, 4.69) is 11.4 Å². The summed E-state index contributed by atoms with van der Waals surface area (Å²) in [6.45, 7) is 0. The minimum absolute atomic E-state index is 0.0256. The molecule has 0 aromatic heterocycles. The van der Waals surface area contributed by atoms with Crippen LogP contribution >= 0.6 is 0 Å². The molecule has 25 heavy (non-hydrogen) atoms. The largest absolute Gasteiger partial charge is 0.493 e. The van der Waals surface area contributed by atoms with Crippen LogP contribution in [0.1, 0.15) is 29.5 Å². The summed E-state index contributed by atoms with van der Waals surface area (Å²) in [5.41, 5.74) is 1.95. The maximum absolute atomic E-state index is 14.4. The Kier molecular flexibility index (Phi) is 3.86.